The SMILES string of the molecule is CC1COC(CN)CN1c1ccc(S(C)(=O)=O)cc1. The van der Waals surface area contributed by atoms with Gasteiger partial charge in [0, 0.05) is 31.1 Å². The highest BCUT2D eigenvalue weighted by Gasteiger charge is 2.25. The van der Waals surface area contributed by atoms with Gasteiger partial charge in [-0.2, -0.15) is 0 Å². The lowest BCUT2D eigenvalue weighted by atomic mass is 10.1. The molecule has 2 unspecified atom stereocenters. The van der Waals surface area contributed by atoms with Crippen LogP contribution in [-0.2, 0) is 14.6 Å². The summed E-state index contributed by atoms with van der Waals surface area (Å²) in [6.45, 7) is 3.94. The highest BCUT2D eigenvalue weighted by atomic mass is 32.2. The molecular formula is C13H20N2O3S. The van der Waals surface area contributed by atoms with Gasteiger partial charge in [0.1, 0.15) is 0 Å². The molecule has 5 nitrogen and oxygen atoms in total. The van der Waals surface area contributed by atoms with E-state index in [2.05, 4.69) is 11.8 Å². The van der Waals surface area contributed by atoms with E-state index >= 15 is 0 Å². The van der Waals surface area contributed by atoms with Crippen molar-refractivity contribution in [1.29, 1.82) is 0 Å². The monoisotopic (exact) mass is 284 g/mol. The highest BCUT2D eigenvalue weighted by molar-refractivity contribution is 7.90. The minimum absolute atomic E-state index is 0.0331. The summed E-state index contributed by atoms with van der Waals surface area (Å²) in [6, 6.07) is 7.22. The molecule has 106 valence electrons. The fourth-order valence-corrected chi connectivity index (χ4v) is 2.84. The zero-order valence-electron chi connectivity index (χ0n) is 11.2. The van der Waals surface area contributed by atoms with E-state index in [9.17, 15) is 8.42 Å². The molecular weight excluding hydrogens is 264 g/mol. The van der Waals surface area contributed by atoms with Gasteiger partial charge in [-0.1, -0.05) is 0 Å². The molecule has 0 bridgehead atoms. The third kappa shape index (κ3) is 3.26. The number of anilines is 1. The van der Waals surface area contributed by atoms with E-state index in [4.69, 9.17) is 10.5 Å². The maximum Gasteiger partial charge on any atom is 0.175 e. The van der Waals surface area contributed by atoms with Gasteiger partial charge < -0.3 is 15.4 Å². The topological polar surface area (TPSA) is 72.6 Å². The van der Waals surface area contributed by atoms with Crippen molar-refractivity contribution >= 4 is 15.5 Å². The number of sulfone groups is 1. The van der Waals surface area contributed by atoms with E-state index in [1.54, 1.807) is 12.1 Å². The molecule has 1 aliphatic rings. The van der Waals surface area contributed by atoms with E-state index in [-0.39, 0.29) is 12.1 Å². The van der Waals surface area contributed by atoms with Crippen molar-refractivity contribution in [3.8, 4) is 0 Å². The lowest BCUT2D eigenvalue weighted by Crippen LogP contribution is -2.50. The number of morpholine rings is 1. The average Bonchev–Trinajstić information content (AvgIpc) is 2.38. The molecule has 1 aromatic rings. The van der Waals surface area contributed by atoms with Crippen LogP contribution >= 0.6 is 0 Å². The van der Waals surface area contributed by atoms with Crippen molar-refractivity contribution in [3.63, 3.8) is 0 Å². The fraction of sp³-hybridized carbons (Fsp3) is 0.538. The molecule has 0 aliphatic carbocycles. The summed E-state index contributed by atoms with van der Waals surface area (Å²) in [6.07, 6.45) is 1.25. The van der Waals surface area contributed by atoms with E-state index in [1.807, 2.05) is 12.1 Å². The van der Waals surface area contributed by atoms with Crippen LogP contribution in [0.5, 0.6) is 0 Å². The molecule has 0 amide bonds. The van der Waals surface area contributed by atoms with Crippen molar-refractivity contribution in [2.45, 2.75) is 24.0 Å². The summed E-state index contributed by atoms with van der Waals surface area (Å²) in [5.41, 5.74) is 6.64. The van der Waals surface area contributed by atoms with Crippen LogP contribution in [0, 0.1) is 0 Å². The minimum atomic E-state index is -3.14. The smallest absolute Gasteiger partial charge is 0.175 e. The van der Waals surface area contributed by atoms with Crippen molar-refractivity contribution < 1.29 is 13.2 Å². The summed E-state index contributed by atoms with van der Waals surface area (Å²) in [4.78, 5) is 2.54. The van der Waals surface area contributed by atoms with E-state index in [0.717, 1.165) is 12.2 Å². The Balaban J connectivity index is 2.21. The van der Waals surface area contributed by atoms with Gasteiger partial charge in [-0.3, -0.25) is 0 Å². The first kappa shape index (κ1) is 14.3. The van der Waals surface area contributed by atoms with Crippen LogP contribution < -0.4 is 10.6 Å². The van der Waals surface area contributed by atoms with Crippen LogP contribution in [0.25, 0.3) is 0 Å². The number of hydrogen-bond donors (Lipinski definition) is 1. The van der Waals surface area contributed by atoms with Crippen LogP contribution in [0.3, 0.4) is 0 Å². The van der Waals surface area contributed by atoms with Gasteiger partial charge in [0.25, 0.3) is 0 Å². The number of rotatable bonds is 3. The second-order valence-corrected chi connectivity index (χ2v) is 6.97. The standard InChI is InChI=1S/C13H20N2O3S/c1-10-9-18-12(7-14)8-15(10)11-3-5-13(6-4-11)19(2,16)17/h3-6,10,12H,7-9,14H2,1-2H3. The maximum absolute atomic E-state index is 11.4. The second kappa shape index (κ2) is 5.48. The Kier molecular flexibility index (Phi) is 4.13. The van der Waals surface area contributed by atoms with Crippen LogP contribution in [0.4, 0.5) is 5.69 Å². The zero-order chi connectivity index (χ0) is 14.0. The molecule has 1 aromatic carbocycles. The third-order valence-electron chi connectivity index (χ3n) is 3.36. The van der Waals surface area contributed by atoms with Gasteiger partial charge in [0.05, 0.1) is 17.6 Å². The third-order valence-corrected chi connectivity index (χ3v) is 4.49. The fourth-order valence-electron chi connectivity index (χ4n) is 2.20. The Bertz CT molecular complexity index is 527. The van der Waals surface area contributed by atoms with Gasteiger partial charge in [-0.25, -0.2) is 8.42 Å². The largest absolute Gasteiger partial charge is 0.373 e. The van der Waals surface area contributed by atoms with Crippen LogP contribution in [0.2, 0.25) is 0 Å². The molecule has 19 heavy (non-hydrogen) atoms. The summed E-state index contributed by atoms with van der Waals surface area (Å²) in [5, 5.41) is 0. The molecule has 1 fully saturated rings. The Morgan fingerprint density at radius 1 is 1.37 bits per heavy atom. The van der Waals surface area contributed by atoms with Crippen LogP contribution in [-0.4, -0.2) is 46.5 Å². The van der Waals surface area contributed by atoms with Crippen molar-refractivity contribution in [2.75, 3.05) is 30.9 Å². The zero-order valence-corrected chi connectivity index (χ0v) is 12.1. The molecule has 1 heterocycles. The molecule has 2 N–H and O–H groups in total. The highest BCUT2D eigenvalue weighted by Crippen LogP contribution is 2.23. The molecule has 0 aromatic heterocycles. The molecule has 1 aliphatic heterocycles. The molecule has 2 rings (SSSR count). The van der Waals surface area contributed by atoms with E-state index in [0.29, 0.717) is 18.0 Å². The number of nitrogens with two attached hydrogens (primary N) is 1. The number of hydrogen-bond acceptors (Lipinski definition) is 5. The van der Waals surface area contributed by atoms with Crippen molar-refractivity contribution in [3.05, 3.63) is 24.3 Å². The van der Waals surface area contributed by atoms with Crippen molar-refractivity contribution in [1.82, 2.24) is 0 Å². The summed E-state index contributed by atoms with van der Waals surface area (Å²) >= 11 is 0. The first-order chi connectivity index (χ1) is 8.91. The summed E-state index contributed by atoms with van der Waals surface area (Å²) in [7, 11) is -3.14. The Labute approximate surface area is 114 Å². The molecule has 0 spiro atoms. The molecule has 0 saturated carbocycles. The Hall–Kier alpha value is -1.11. The van der Waals surface area contributed by atoms with Gasteiger partial charge >= 0.3 is 0 Å². The molecule has 6 heteroatoms. The van der Waals surface area contributed by atoms with Gasteiger partial charge in [0.15, 0.2) is 9.84 Å². The first-order valence-corrected chi connectivity index (χ1v) is 8.19. The lowest BCUT2D eigenvalue weighted by Gasteiger charge is -2.39. The van der Waals surface area contributed by atoms with Crippen LogP contribution in [0.1, 0.15) is 6.92 Å². The predicted octanol–water partition coefficient (Wildman–Crippen LogP) is 0.643. The van der Waals surface area contributed by atoms with Crippen LogP contribution in [0.15, 0.2) is 29.2 Å². The van der Waals surface area contributed by atoms with Gasteiger partial charge in [-0.05, 0) is 31.2 Å². The summed E-state index contributed by atoms with van der Waals surface area (Å²) < 4.78 is 28.5. The Morgan fingerprint density at radius 3 is 2.53 bits per heavy atom. The molecule has 1 saturated heterocycles. The first-order valence-electron chi connectivity index (χ1n) is 6.30. The maximum atomic E-state index is 11.4. The normalized spacial score (nSPS) is 24.5. The lowest BCUT2D eigenvalue weighted by molar-refractivity contribution is 0.0283. The van der Waals surface area contributed by atoms with Gasteiger partial charge in [0.2, 0.25) is 0 Å². The molecule has 2 atom stereocenters. The number of benzene rings is 1. The minimum Gasteiger partial charge on any atom is -0.373 e. The van der Waals surface area contributed by atoms with E-state index < -0.39 is 9.84 Å². The summed E-state index contributed by atoms with van der Waals surface area (Å²) in [5.74, 6) is 0. The predicted molar refractivity (Wildman–Crippen MR) is 75.2 cm³/mol. The Morgan fingerprint density at radius 2 is 2.00 bits per heavy atom. The van der Waals surface area contributed by atoms with E-state index in [1.165, 1.54) is 6.26 Å². The average molecular weight is 284 g/mol. The molecule has 0 radical (unpaired) electrons. The van der Waals surface area contributed by atoms with Crippen molar-refractivity contribution in [2.24, 2.45) is 5.73 Å². The van der Waals surface area contributed by atoms with Gasteiger partial charge in [-0.15, -0.1) is 0 Å². The second-order valence-electron chi connectivity index (χ2n) is 4.96. The number of ether oxygens (including phenoxy) is 1. The number of nitrogens with zero attached hydrogens (tertiary/aromatic N) is 1. The quantitative estimate of drug-likeness (QED) is 0.882.